The zero-order chi connectivity index (χ0) is 21.8. The van der Waals surface area contributed by atoms with E-state index in [1.54, 1.807) is 40.9 Å². The van der Waals surface area contributed by atoms with E-state index >= 15 is 0 Å². The maximum absolute atomic E-state index is 12.8. The first-order valence-corrected chi connectivity index (χ1v) is 11.5. The van der Waals surface area contributed by atoms with Gasteiger partial charge >= 0.3 is 13.7 Å². The molecule has 2 N–H and O–H groups in total. The van der Waals surface area contributed by atoms with Crippen molar-refractivity contribution in [2.45, 2.75) is 45.3 Å². The predicted octanol–water partition coefficient (Wildman–Crippen LogP) is 3.23. The van der Waals surface area contributed by atoms with Crippen molar-refractivity contribution in [3.05, 3.63) is 29.8 Å². The highest BCUT2D eigenvalue weighted by Crippen LogP contribution is 2.51. The number of ether oxygens (including phenoxy) is 2. The summed E-state index contributed by atoms with van der Waals surface area (Å²) in [5.41, 5.74) is 0.105. The molecule has 0 radical (unpaired) electrons. The van der Waals surface area contributed by atoms with Gasteiger partial charge in [0.05, 0.1) is 32.5 Å². The van der Waals surface area contributed by atoms with Crippen molar-refractivity contribution in [3.8, 4) is 5.75 Å². The minimum atomic E-state index is -3.90. The number of aliphatic hydroxyl groups is 1. The third kappa shape index (κ3) is 5.95. The Labute approximate surface area is 172 Å². The average molecular weight is 429 g/mol. The highest BCUT2D eigenvalue weighted by molar-refractivity contribution is 7.52. The number of amides is 1. The van der Waals surface area contributed by atoms with Gasteiger partial charge in [-0.2, -0.15) is 0 Å². The van der Waals surface area contributed by atoms with Gasteiger partial charge in [-0.1, -0.05) is 18.2 Å². The summed E-state index contributed by atoms with van der Waals surface area (Å²) in [6, 6.07) is 6.67. The molecule has 1 aliphatic heterocycles. The summed E-state index contributed by atoms with van der Waals surface area (Å²) in [7, 11) is -2.35. The van der Waals surface area contributed by atoms with Gasteiger partial charge in [0.1, 0.15) is 11.4 Å². The third-order valence-electron chi connectivity index (χ3n) is 4.93. The molecule has 1 aromatic rings. The monoisotopic (exact) mass is 429 g/mol. The Morgan fingerprint density at radius 3 is 2.52 bits per heavy atom. The van der Waals surface area contributed by atoms with Crippen molar-refractivity contribution in [3.63, 3.8) is 0 Å². The molecule has 1 unspecified atom stereocenters. The van der Waals surface area contributed by atoms with Crippen LogP contribution in [-0.4, -0.2) is 65.7 Å². The van der Waals surface area contributed by atoms with E-state index in [0.717, 1.165) is 5.56 Å². The van der Waals surface area contributed by atoms with Crippen molar-refractivity contribution in [1.82, 2.24) is 4.90 Å². The summed E-state index contributed by atoms with van der Waals surface area (Å²) in [6.45, 7) is 6.91. The smallest absolute Gasteiger partial charge is 0.410 e. The van der Waals surface area contributed by atoms with Crippen molar-refractivity contribution < 1.29 is 33.4 Å². The minimum absolute atomic E-state index is 0.0966. The van der Waals surface area contributed by atoms with E-state index in [2.05, 4.69) is 0 Å². The van der Waals surface area contributed by atoms with Crippen LogP contribution in [0.15, 0.2) is 24.3 Å². The maximum Gasteiger partial charge on any atom is 0.410 e. The Bertz CT molecular complexity index is 749. The number of hydrogen-bond donors (Lipinski definition) is 2. The summed E-state index contributed by atoms with van der Waals surface area (Å²) in [4.78, 5) is 24.5. The molecule has 1 saturated heterocycles. The summed E-state index contributed by atoms with van der Waals surface area (Å²) < 4.78 is 28.6. The zero-order valence-corrected chi connectivity index (χ0v) is 18.6. The Morgan fingerprint density at radius 1 is 1.31 bits per heavy atom. The molecule has 9 heteroatoms. The molecule has 1 amide bonds. The van der Waals surface area contributed by atoms with Crippen molar-refractivity contribution in [1.29, 1.82) is 0 Å². The Hall–Kier alpha value is -1.60. The number of rotatable bonds is 7. The fraction of sp³-hybridized carbons (Fsp3) is 0.650. The number of carbonyl (C=O) groups is 1. The van der Waals surface area contributed by atoms with Gasteiger partial charge in [-0.05, 0) is 39.3 Å². The summed E-state index contributed by atoms with van der Waals surface area (Å²) in [5, 5.41) is 10.1. The molecule has 0 aliphatic carbocycles. The molecule has 1 aromatic carbocycles. The van der Waals surface area contributed by atoms with E-state index < -0.39 is 31.2 Å². The molecule has 0 saturated carbocycles. The first-order chi connectivity index (χ1) is 13.5. The van der Waals surface area contributed by atoms with E-state index in [9.17, 15) is 19.4 Å². The standard InChI is InChI=1S/C20H32NO7P/c1-6-27-29(24,25)13-16-15(14-9-7-8-10-18(14)26-5)11-21(17(16)12-22)19(23)28-20(2,3)4/h7-10,15-17,22H,6,11-13H2,1-5H3,(H,24,25)/t15-,16-,17-/m1/s1. The van der Waals surface area contributed by atoms with Crippen molar-refractivity contribution in [2.75, 3.05) is 33.0 Å². The highest BCUT2D eigenvalue weighted by atomic mass is 31.2. The number of methoxy groups -OCH3 is 1. The molecule has 0 bridgehead atoms. The summed E-state index contributed by atoms with van der Waals surface area (Å²) >= 11 is 0. The lowest BCUT2D eigenvalue weighted by atomic mass is 9.86. The van der Waals surface area contributed by atoms with Crippen molar-refractivity contribution >= 4 is 13.7 Å². The normalized spacial score (nSPS) is 24.2. The number of likely N-dealkylation sites (tertiary alicyclic amines) is 1. The van der Waals surface area contributed by atoms with E-state index in [4.69, 9.17) is 14.0 Å². The first kappa shape index (κ1) is 23.7. The van der Waals surface area contributed by atoms with Crippen LogP contribution in [0.3, 0.4) is 0 Å². The van der Waals surface area contributed by atoms with Gasteiger partial charge in [-0.15, -0.1) is 0 Å². The van der Waals surface area contributed by atoms with Crippen LogP contribution in [0.25, 0.3) is 0 Å². The SMILES string of the molecule is CCOP(=O)(O)C[C@@H]1[C@@H](c2ccccc2OC)CN(C(=O)OC(C)(C)C)[C@@H]1CO. The lowest BCUT2D eigenvalue weighted by Gasteiger charge is -2.30. The number of nitrogens with zero attached hydrogens (tertiary/aromatic N) is 1. The van der Waals surface area contributed by atoms with E-state index in [0.29, 0.717) is 5.75 Å². The molecule has 1 heterocycles. The molecule has 0 aromatic heterocycles. The molecule has 1 fully saturated rings. The Morgan fingerprint density at radius 2 is 1.97 bits per heavy atom. The van der Waals surface area contributed by atoms with Crippen LogP contribution in [0.5, 0.6) is 5.75 Å². The molecule has 29 heavy (non-hydrogen) atoms. The van der Waals surface area contributed by atoms with Crippen LogP contribution in [0.4, 0.5) is 4.79 Å². The van der Waals surface area contributed by atoms with E-state index in [1.807, 2.05) is 18.2 Å². The van der Waals surface area contributed by atoms with Crippen LogP contribution in [0.1, 0.15) is 39.2 Å². The Kier molecular flexibility index (Phi) is 7.74. The number of aliphatic hydroxyl groups excluding tert-OH is 1. The largest absolute Gasteiger partial charge is 0.496 e. The predicted molar refractivity (Wildman–Crippen MR) is 109 cm³/mol. The fourth-order valence-electron chi connectivity index (χ4n) is 3.82. The zero-order valence-electron chi connectivity index (χ0n) is 17.7. The van der Waals surface area contributed by atoms with Gasteiger partial charge in [-0.3, -0.25) is 4.57 Å². The number of carbonyl (C=O) groups excluding carboxylic acids is 1. The maximum atomic E-state index is 12.8. The molecular formula is C20H32NO7P. The first-order valence-electron chi connectivity index (χ1n) is 9.72. The Balaban J connectivity index is 2.44. The molecule has 1 aliphatic rings. The summed E-state index contributed by atoms with van der Waals surface area (Å²) in [6.07, 6.45) is -0.753. The minimum Gasteiger partial charge on any atom is -0.496 e. The van der Waals surface area contributed by atoms with Crippen molar-refractivity contribution in [2.24, 2.45) is 5.92 Å². The molecule has 2 rings (SSSR count). The third-order valence-corrected chi connectivity index (χ3v) is 6.48. The average Bonchev–Trinajstić information content (AvgIpc) is 2.97. The van der Waals surface area contributed by atoms with Gasteiger partial charge in [-0.25, -0.2) is 4.79 Å². The topological polar surface area (TPSA) is 106 Å². The molecule has 4 atom stereocenters. The van der Waals surface area contributed by atoms with E-state index in [-0.39, 0.29) is 31.8 Å². The van der Waals surface area contributed by atoms with Gasteiger partial charge in [0.15, 0.2) is 0 Å². The van der Waals surface area contributed by atoms with Gasteiger partial charge < -0.3 is 28.9 Å². The van der Waals surface area contributed by atoms with Gasteiger partial charge in [0.25, 0.3) is 0 Å². The fourth-order valence-corrected chi connectivity index (χ4v) is 5.36. The van der Waals surface area contributed by atoms with Gasteiger partial charge in [0, 0.05) is 18.4 Å². The number of hydrogen-bond acceptors (Lipinski definition) is 6. The van der Waals surface area contributed by atoms with Crippen LogP contribution in [0, 0.1) is 5.92 Å². The van der Waals surface area contributed by atoms with Crippen LogP contribution >= 0.6 is 7.60 Å². The quantitative estimate of drug-likeness (QED) is 0.641. The molecule has 164 valence electrons. The molecule has 0 spiro atoms. The van der Waals surface area contributed by atoms with Crippen LogP contribution in [0.2, 0.25) is 0 Å². The van der Waals surface area contributed by atoms with E-state index in [1.165, 1.54) is 4.90 Å². The lowest BCUT2D eigenvalue weighted by molar-refractivity contribution is 0.0150. The summed E-state index contributed by atoms with van der Waals surface area (Å²) in [5.74, 6) is -0.211. The number of benzene rings is 1. The second kappa shape index (κ2) is 9.47. The van der Waals surface area contributed by atoms with Crippen LogP contribution < -0.4 is 4.74 Å². The second-order valence-electron chi connectivity index (χ2n) is 8.13. The molecule has 8 nitrogen and oxygen atoms in total. The van der Waals surface area contributed by atoms with Crippen LogP contribution in [-0.2, 0) is 13.8 Å². The second-order valence-corrected chi connectivity index (χ2v) is 10.0. The van der Waals surface area contributed by atoms with Gasteiger partial charge in [0.2, 0.25) is 0 Å². The molecular weight excluding hydrogens is 397 g/mol. The highest BCUT2D eigenvalue weighted by Gasteiger charge is 2.48. The number of para-hydroxylation sites is 1. The lowest BCUT2D eigenvalue weighted by Crippen LogP contribution is -2.43.